The van der Waals surface area contributed by atoms with E-state index in [0.29, 0.717) is 0 Å². The normalized spacial score (nSPS) is 15.2. The SMILES string of the molecule is CN1CCCc2cc(/C=C\C(=O)O)ccc21. The molecule has 0 saturated carbocycles. The number of anilines is 1. The zero-order chi connectivity index (χ0) is 11.5. The molecule has 2 rings (SSSR count). The largest absolute Gasteiger partial charge is 0.478 e. The molecule has 16 heavy (non-hydrogen) atoms. The molecule has 0 aromatic heterocycles. The van der Waals surface area contributed by atoms with Gasteiger partial charge in [0.2, 0.25) is 0 Å². The molecule has 0 spiro atoms. The van der Waals surface area contributed by atoms with Gasteiger partial charge >= 0.3 is 5.97 Å². The second kappa shape index (κ2) is 4.39. The average Bonchev–Trinajstić information content (AvgIpc) is 2.26. The van der Waals surface area contributed by atoms with Crippen molar-refractivity contribution in [2.24, 2.45) is 0 Å². The number of nitrogens with zero attached hydrogens (tertiary/aromatic N) is 1. The molecule has 0 atom stereocenters. The molecular weight excluding hydrogens is 202 g/mol. The minimum Gasteiger partial charge on any atom is -0.478 e. The Hall–Kier alpha value is -1.77. The Morgan fingerprint density at radius 3 is 3.06 bits per heavy atom. The minimum atomic E-state index is -0.908. The lowest BCUT2D eigenvalue weighted by Gasteiger charge is -2.27. The first-order valence-corrected chi connectivity index (χ1v) is 5.42. The van der Waals surface area contributed by atoms with Gasteiger partial charge in [-0.2, -0.15) is 0 Å². The van der Waals surface area contributed by atoms with Crippen LogP contribution in [0.25, 0.3) is 6.08 Å². The molecule has 0 fully saturated rings. The summed E-state index contributed by atoms with van der Waals surface area (Å²) in [5.41, 5.74) is 3.52. The smallest absolute Gasteiger partial charge is 0.328 e. The van der Waals surface area contributed by atoms with Gasteiger partial charge in [-0.3, -0.25) is 0 Å². The van der Waals surface area contributed by atoms with Crippen molar-refractivity contribution in [2.45, 2.75) is 12.8 Å². The number of carboxylic acid groups (broad SMARTS) is 1. The van der Waals surface area contributed by atoms with Crippen LogP contribution in [0.4, 0.5) is 5.69 Å². The molecule has 3 heteroatoms. The van der Waals surface area contributed by atoms with Crippen LogP contribution < -0.4 is 4.90 Å². The molecule has 1 aliphatic heterocycles. The second-order valence-electron chi connectivity index (χ2n) is 4.08. The van der Waals surface area contributed by atoms with Crippen LogP contribution in [0.15, 0.2) is 24.3 Å². The highest BCUT2D eigenvalue weighted by atomic mass is 16.4. The van der Waals surface area contributed by atoms with Crippen molar-refractivity contribution in [3.8, 4) is 0 Å². The number of rotatable bonds is 2. The van der Waals surface area contributed by atoms with E-state index in [1.807, 2.05) is 6.07 Å². The Balaban J connectivity index is 2.28. The molecule has 3 nitrogen and oxygen atoms in total. The van der Waals surface area contributed by atoms with Crippen LogP contribution in [-0.2, 0) is 11.2 Å². The predicted molar refractivity (Wildman–Crippen MR) is 64.7 cm³/mol. The van der Waals surface area contributed by atoms with E-state index in [1.165, 1.54) is 17.3 Å². The highest BCUT2D eigenvalue weighted by Gasteiger charge is 2.12. The molecule has 0 bridgehead atoms. The third-order valence-corrected chi connectivity index (χ3v) is 2.87. The first kappa shape index (κ1) is 10.7. The van der Waals surface area contributed by atoms with Crippen LogP contribution in [0.1, 0.15) is 17.5 Å². The Kier molecular flexibility index (Phi) is 2.95. The molecule has 0 radical (unpaired) electrons. The van der Waals surface area contributed by atoms with E-state index in [2.05, 4.69) is 24.1 Å². The topological polar surface area (TPSA) is 40.5 Å². The monoisotopic (exact) mass is 217 g/mol. The maximum absolute atomic E-state index is 10.4. The van der Waals surface area contributed by atoms with Gasteiger partial charge in [0.1, 0.15) is 0 Å². The fraction of sp³-hybridized carbons (Fsp3) is 0.308. The van der Waals surface area contributed by atoms with E-state index in [9.17, 15) is 4.79 Å². The van der Waals surface area contributed by atoms with Crippen LogP contribution in [0.3, 0.4) is 0 Å². The van der Waals surface area contributed by atoms with Gasteiger partial charge < -0.3 is 10.0 Å². The van der Waals surface area contributed by atoms with Crippen molar-refractivity contribution >= 4 is 17.7 Å². The predicted octanol–water partition coefficient (Wildman–Crippen LogP) is 2.17. The van der Waals surface area contributed by atoms with Gasteiger partial charge in [-0.1, -0.05) is 6.07 Å². The van der Waals surface area contributed by atoms with Crippen LogP contribution in [0.2, 0.25) is 0 Å². The molecule has 0 unspecified atom stereocenters. The van der Waals surface area contributed by atoms with Gasteiger partial charge in [0.05, 0.1) is 0 Å². The summed E-state index contributed by atoms with van der Waals surface area (Å²) >= 11 is 0. The van der Waals surface area contributed by atoms with Gasteiger partial charge in [0.25, 0.3) is 0 Å². The van der Waals surface area contributed by atoms with Crippen LogP contribution in [-0.4, -0.2) is 24.7 Å². The van der Waals surface area contributed by atoms with Crippen LogP contribution in [0.5, 0.6) is 0 Å². The molecule has 1 N–H and O–H groups in total. The molecule has 84 valence electrons. The van der Waals surface area contributed by atoms with E-state index in [0.717, 1.165) is 24.9 Å². The van der Waals surface area contributed by atoms with E-state index < -0.39 is 5.97 Å². The van der Waals surface area contributed by atoms with E-state index in [-0.39, 0.29) is 0 Å². The van der Waals surface area contributed by atoms with Crippen molar-refractivity contribution in [1.82, 2.24) is 0 Å². The van der Waals surface area contributed by atoms with E-state index in [1.54, 1.807) is 6.08 Å². The zero-order valence-corrected chi connectivity index (χ0v) is 9.31. The quantitative estimate of drug-likeness (QED) is 0.772. The van der Waals surface area contributed by atoms with Gasteiger partial charge in [-0.05, 0) is 42.2 Å². The van der Waals surface area contributed by atoms with E-state index in [4.69, 9.17) is 5.11 Å². The fourth-order valence-electron chi connectivity index (χ4n) is 2.08. The molecule has 1 heterocycles. The maximum Gasteiger partial charge on any atom is 0.328 e. The fourth-order valence-corrected chi connectivity index (χ4v) is 2.08. The van der Waals surface area contributed by atoms with Crippen molar-refractivity contribution in [3.05, 3.63) is 35.4 Å². The highest BCUT2D eigenvalue weighted by Crippen LogP contribution is 2.27. The summed E-state index contributed by atoms with van der Waals surface area (Å²) in [5.74, 6) is -0.908. The molecular formula is C13H15NO2. The van der Waals surface area contributed by atoms with E-state index >= 15 is 0 Å². The van der Waals surface area contributed by atoms with Crippen LogP contribution >= 0.6 is 0 Å². The standard InChI is InChI=1S/C13H15NO2/c1-14-8-2-3-11-9-10(4-6-12(11)14)5-7-13(15)16/h4-7,9H,2-3,8H2,1H3,(H,15,16)/b7-5-. The number of carbonyl (C=O) groups is 1. The Morgan fingerprint density at radius 1 is 1.50 bits per heavy atom. The van der Waals surface area contributed by atoms with Gasteiger partial charge in [0, 0.05) is 25.4 Å². The van der Waals surface area contributed by atoms with Crippen molar-refractivity contribution in [3.63, 3.8) is 0 Å². The van der Waals surface area contributed by atoms with Crippen molar-refractivity contribution in [1.29, 1.82) is 0 Å². The molecule has 1 aromatic carbocycles. The number of carboxylic acids is 1. The van der Waals surface area contributed by atoms with Crippen molar-refractivity contribution in [2.75, 3.05) is 18.5 Å². The number of hydrogen-bond donors (Lipinski definition) is 1. The number of hydrogen-bond acceptors (Lipinski definition) is 2. The number of aryl methyl sites for hydroxylation is 1. The van der Waals surface area contributed by atoms with Gasteiger partial charge in [0.15, 0.2) is 0 Å². The third kappa shape index (κ3) is 2.24. The van der Waals surface area contributed by atoms with Crippen LogP contribution in [0, 0.1) is 0 Å². The lowest BCUT2D eigenvalue weighted by atomic mass is 9.99. The number of aliphatic carboxylic acids is 1. The summed E-state index contributed by atoms with van der Waals surface area (Å²) in [5, 5.41) is 8.56. The Bertz CT molecular complexity index is 438. The lowest BCUT2D eigenvalue weighted by molar-refractivity contribution is -0.131. The molecule has 1 aromatic rings. The van der Waals surface area contributed by atoms with Gasteiger partial charge in [-0.25, -0.2) is 4.79 Å². The molecule has 0 saturated heterocycles. The zero-order valence-electron chi connectivity index (χ0n) is 9.31. The first-order valence-electron chi connectivity index (χ1n) is 5.42. The summed E-state index contributed by atoms with van der Waals surface area (Å²) in [6, 6.07) is 6.10. The molecule has 0 amide bonds. The summed E-state index contributed by atoms with van der Waals surface area (Å²) in [6.45, 7) is 1.09. The molecule has 0 aliphatic carbocycles. The maximum atomic E-state index is 10.4. The third-order valence-electron chi connectivity index (χ3n) is 2.87. The first-order chi connectivity index (χ1) is 7.66. The lowest BCUT2D eigenvalue weighted by Crippen LogP contribution is -2.24. The second-order valence-corrected chi connectivity index (χ2v) is 4.08. The Labute approximate surface area is 95.0 Å². The van der Waals surface area contributed by atoms with Gasteiger partial charge in [-0.15, -0.1) is 0 Å². The van der Waals surface area contributed by atoms with Crippen molar-refractivity contribution < 1.29 is 9.90 Å². The summed E-state index contributed by atoms with van der Waals surface area (Å²) in [4.78, 5) is 12.7. The minimum absolute atomic E-state index is 0.908. The molecule has 1 aliphatic rings. The number of fused-ring (bicyclic) bond motifs is 1. The summed E-state index contributed by atoms with van der Waals surface area (Å²) in [6.07, 6.45) is 5.05. The Morgan fingerprint density at radius 2 is 2.31 bits per heavy atom. The summed E-state index contributed by atoms with van der Waals surface area (Å²) < 4.78 is 0. The number of benzene rings is 1. The summed E-state index contributed by atoms with van der Waals surface area (Å²) in [7, 11) is 2.09. The average molecular weight is 217 g/mol. The highest BCUT2D eigenvalue weighted by molar-refractivity contribution is 5.85.